The molecule has 3 rings (SSSR count). The minimum absolute atomic E-state index is 0.00117. The molecule has 32 heavy (non-hydrogen) atoms. The van der Waals surface area contributed by atoms with Gasteiger partial charge >= 0.3 is 0 Å². The number of halogens is 4. The van der Waals surface area contributed by atoms with Gasteiger partial charge in [-0.05, 0) is 42.8 Å². The number of alkyl halides is 1. The highest BCUT2D eigenvalue weighted by Gasteiger charge is 2.27. The molecule has 0 aromatic heterocycles. The molecule has 0 bridgehead atoms. The summed E-state index contributed by atoms with van der Waals surface area (Å²) < 4.78 is 33.6. The third kappa shape index (κ3) is 6.09. The van der Waals surface area contributed by atoms with Gasteiger partial charge < -0.3 is 4.74 Å². The summed E-state index contributed by atoms with van der Waals surface area (Å²) in [5, 5.41) is -0.263. The number of para-hydroxylation sites is 1. The van der Waals surface area contributed by atoms with E-state index in [0.717, 1.165) is 11.3 Å². The third-order valence-corrected chi connectivity index (χ3v) is 7.15. The van der Waals surface area contributed by atoms with Gasteiger partial charge in [-0.25, -0.2) is 8.42 Å². The smallest absolute Gasteiger partial charge is 0.263 e. The molecule has 1 aliphatic carbocycles. The van der Waals surface area contributed by atoms with E-state index in [1.54, 1.807) is 0 Å². The predicted molar refractivity (Wildman–Crippen MR) is 132 cm³/mol. The highest BCUT2D eigenvalue weighted by atomic mass is 35.5. The summed E-state index contributed by atoms with van der Waals surface area (Å²) in [6.07, 6.45) is 3.02. The van der Waals surface area contributed by atoms with Crippen LogP contribution in [0, 0.1) is 6.92 Å². The van der Waals surface area contributed by atoms with Crippen molar-refractivity contribution in [2.45, 2.75) is 23.6 Å². The Morgan fingerprint density at radius 2 is 1.94 bits per heavy atom. The third-order valence-electron chi connectivity index (χ3n) is 4.37. The highest BCUT2D eigenvalue weighted by Crippen LogP contribution is 2.33. The first-order valence-corrected chi connectivity index (χ1v) is 12.3. The Bertz CT molecular complexity index is 1250. The normalized spacial score (nSPS) is 16.8. The van der Waals surface area contributed by atoms with E-state index in [2.05, 4.69) is 16.3 Å². The fraction of sp³-hybridized carbons (Fsp3) is 0.136. The second-order valence-electron chi connectivity index (χ2n) is 6.85. The number of ether oxygens (including phenoxy) is 1. The molecule has 2 aromatic carbocycles. The van der Waals surface area contributed by atoms with Crippen LogP contribution in [0.4, 0.5) is 5.69 Å². The molecule has 0 aliphatic heterocycles. The van der Waals surface area contributed by atoms with Gasteiger partial charge in [0.2, 0.25) is 0 Å². The maximum Gasteiger partial charge on any atom is 0.263 e. The van der Waals surface area contributed by atoms with E-state index >= 15 is 0 Å². The van der Waals surface area contributed by atoms with Crippen molar-refractivity contribution in [3.8, 4) is 0 Å². The van der Waals surface area contributed by atoms with Crippen LogP contribution in [0.2, 0.25) is 10.0 Å². The standard InChI is InChI=1S/C22H18Cl4N2O3S/c1-13-5-3-4-6-20(13)27-12-14(2)31-22-18(25)10-16(11-19(22)26)28-32(29,30)21-8-7-15(23)9-17(21)24/h3-10,12,19,28H,2,11H2,1H3/b27-12-. The molecule has 10 heteroatoms. The largest absolute Gasteiger partial charge is 0.458 e. The van der Waals surface area contributed by atoms with Gasteiger partial charge in [-0.15, -0.1) is 11.6 Å². The first kappa shape index (κ1) is 24.7. The van der Waals surface area contributed by atoms with Crippen molar-refractivity contribution in [2.24, 2.45) is 4.99 Å². The van der Waals surface area contributed by atoms with Crippen LogP contribution in [0.1, 0.15) is 12.0 Å². The SMILES string of the molecule is C=C(/C=N\c1ccccc1C)OC1=C(Cl)C=C(NS(=O)(=O)c2ccc(Cl)cc2Cl)CC1Cl. The van der Waals surface area contributed by atoms with E-state index in [1.165, 1.54) is 30.5 Å². The molecule has 0 spiro atoms. The maximum absolute atomic E-state index is 12.7. The summed E-state index contributed by atoms with van der Waals surface area (Å²) in [5.41, 5.74) is 2.07. The Hall–Kier alpha value is -1.96. The van der Waals surface area contributed by atoms with Gasteiger partial charge in [-0.1, -0.05) is 59.6 Å². The lowest BCUT2D eigenvalue weighted by Gasteiger charge is -2.23. The van der Waals surface area contributed by atoms with Crippen LogP contribution in [0.3, 0.4) is 0 Å². The lowest BCUT2D eigenvalue weighted by Crippen LogP contribution is -2.27. The Balaban J connectivity index is 1.75. The molecule has 0 saturated carbocycles. The van der Waals surface area contributed by atoms with Crippen molar-refractivity contribution in [3.63, 3.8) is 0 Å². The number of nitrogens with one attached hydrogen (secondary N) is 1. The molecule has 2 aromatic rings. The van der Waals surface area contributed by atoms with Crippen molar-refractivity contribution < 1.29 is 13.2 Å². The van der Waals surface area contributed by atoms with Crippen LogP contribution in [-0.4, -0.2) is 20.0 Å². The Kier molecular flexibility index (Phi) is 7.96. The topological polar surface area (TPSA) is 67.8 Å². The van der Waals surface area contributed by atoms with E-state index in [9.17, 15) is 8.42 Å². The van der Waals surface area contributed by atoms with E-state index < -0.39 is 15.4 Å². The number of benzene rings is 2. The molecule has 1 atom stereocenters. The number of nitrogens with zero attached hydrogens (tertiary/aromatic N) is 1. The molecular weight excluding hydrogens is 514 g/mol. The van der Waals surface area contributed by atoms with E-state index in [1.807, 2.05) is 31.2 Å². The van der Waals surface area contributed by atoms with Crippen molar-refractivity contribution in [1.29, 1.82) is 0 Å². The number of sulfonamides is 1. The van der Waals surface area contributed by atoms with Crippen LogP contribution in [0.5, 0.6) is 0 Å². The van der Waals surface area contributed by atoms with Crippen LogP contribution in [-0.2, 0) is 14.8 Å². The molecule has 0 radical (unpaired) electrons. The second-order valence-corrected chi connectivity index (χ2v) is 10.3. The summed E-state index contributed by atoms with van der Waals surface area (Å²) in [5.74, 6) is 0.486. The molecule has 0 heterocycles. The van der Waals surface area contributed by atoms with Gasteiger partial charge in [0, 0.05) is 17.1 Å². The van der Waals surface area contributed by atoms with Gasteiger partial charge in [-0.2, -0.15) is 0 Å². The molecule has 0 fully saturated rings. The lowest BCUT2D eigenvalue weighted by atomic mass is 10.1. The van der Waals surface area contributed by atoms with Crippen LogP contribution in [0.25, 0.3) is 0 Å². The summed E-state index contributed by atoms with van der Waals surface area (Å²) in [6.45, 7) is 5.76. The van der Waals surface area contributed by atoms with E-state index in [0.29, 0.717) is 5.02 Å². The molecule has 1 N–H and O–H groups in total. The fourth-order valence-electron chi connectivity index (χ4n) is 2.84. The van der Waals surface area contributed by atoms with E-state index in [-0.39, 0.29) is 38.6 Å². The van der Waals surface area contributed by atoms with Gasteiger partial charge in [-0.3, -0.25) is 9.71 Å². The number of rotatable bonds is 7. The summed E-state index contributed by atoms with van der Waals surface area (Å²) in [6, 6.07) is 11.7. The van der Waals surface area contributed by atoms with Gasteiger partial charge in [0.1, 0.15) is 16.4 Å². The molecule has 0 amide bonds. The van der Waals surface area contributed by atoms with Gasteiger partial charge in [0.25, 0.3) is 10.0 Å². The number of aryl methyl sites for hydroxylation is 1. The minimum atomic E-state index is -3.97. The lowest BCUT2D eigenvalue weighted by molar-refractivity contribution is 0.314. The zero-order valence-electron chi connectivity index (χ0n) is 16.8. The zero-order valence-corrected chi connectivity index (χ0v) is 20.6. The minimum Gasteiger partial charge on any atom is -0.458 e. The summed E-state index contributed by atoms with van der Waals surface area (Å²) >= 11 is 24.6. The molecule has 1 unspecified atom stereocenters. The number of allylic oxidation sites excluding steroid dienone is 5. The molecule has 0 saturated heterocycles. The number of hydrogen-bond acceptors (Lipinski definition) is 4. The second kappa shape index (κ2) is 10.3. The van der Waals surface area contributed by atoms with Crippen molar-refractivity contribution in [1.82, 2.24) is 4.72 Å². The highest BCUT2D eigenvalue weighted by molar-refractivity contribution is 7.89. The Labute approximate surface area is 207 Å². The van der Waals surface area contributed by atoms with Crippen LogP contribution in [0.15, 0.2) is 87.3 Å². The van der Waals surface area contributed by atoms with E-state index in [4.69, 9.17) is 51.1 Å². The monoisotopic (exact) mass is 530 g/mol. The fourth-order valence-corrected chi connectivity index (χ4v) is 5.40. The summed E-state index contributed by atoms with van der Waals surface area (Å²) in [4.78, 5) is 4.23. The Morgan fingerprint density at radius 3 is 2.59 bits per heavy atom. The Morgan fingerprint density at radius 1 is 1.22 bits per heavy atom. The van der Waals surface area contributed by atoms with Gasteiger partial charge in [0.05, 0.1) is 27.3 Å². The van der Waals surface area contributed by atoms with Crippen molar-refractivity contribution in [3.05, 3.63) is 93.0 Å². The average molecular weight is 532 g/mol. The molecule has 1 aliphatic rings. The van der Waals surface area contributed by atoms with Crippen LogP contribution < -0.4 is 4.72 Å². The number of aliphatic imine (C=N–C) groups is 1. The molecule has 168 valence electrons. The summed E-state index contributed by atoms with van der Waals surface area (Å²) in [7, 11) is -3.97. The first-order valence-electron chi connectivity index (χ1n) is 9.25. The van der Waals surface area contributed by atoms with Gasteiger partial charge in [0.15, 0.2) is 0 Å². The number of hydrogen-bond donors (Lipinski definition) is 1. The molecular formula is C22H18Cl4N2O3S. The maximum atomic E-state index is 12.7. The molecule has 5 nitrogen and oxygen atoms in total. The van der Waals surface area contributed by atoms with Crippen molar-refractivity contribution >= 4 is 68.3 Å². The van der Waals surface area contributed by atoms with Crippen molar-refractivity contribution in [2.75, 3.05) is 0 Å². The average Bonchev–Trinajstić information content (AvgIpc) is 2.69. The van der Waals surface area contributed by atoms with Crippen LogP contribution >= 0.6 is 46.4 Å². The zero-order chi connectivity index (χ0) is 23.5. The predicted octanol–water partition coefficient (Wildman–Crippen LogP) is 6.86. The quantitative estimate of drug-likeness (QED) is 0.241. The first-order chi connectivity index (χ1) is 15.1.